The van der Waals surface area contributed by atoms with Crippen LogP contribution in [0.1, 0.15) is 12.1 Å². The molecule has 24 heavy (non-hydrogen) atoms. The quantitative estimate of drug-likeness (QED) is 0.797. The van der Waals surface area contributed by atoms with Crippen molar-refractivity contribution in [1.29, 1.82) is 0 Å². The summed E-state index contributed by atoms with van der Waals surface area (Å²) >= 11 is 1.04. The van der Waals surface area contributed by atoms with Gasteiger partial charge >= 0.3 is 5.97 Å². The van der Waals surface area contributed by atoms with Gasteiger partial charge in [-0.1, -0.05) is 0 Å². The second kappa shape index (κ2) is 6.36. The number of aliphatic carboxylic acids is 1. The van der Waals surface area contributed by atoms with Crippen LogP contribution in [0, 0.1) is 5.82 Å². The van der Waals surface area contributed by atoms with Crippen molar-refractivity contribution in [2.45, 2.75) is 18.9 Å². The Labute approximate surface area is 139 Å². The van der Waals surface area contributed by atoms with E-state index in [1.165, 1.54) is 29.6 Å². The predicted molar refractivity (Wildman–Crippen MR) is 84.4 cm³/mol. The van der Waals surface area contributed by atoms with Crippen LogP contribution < -0.4 is 10.2 Å². The minimum absolute atomic E-state index is 0.0515. The molecule has 1 unspecified atom stereocenters. The first-order valence-electron chi connectivity index (χ1n) is 6.99. The number of rotatable bonds is 5. The van der Waals surface area contributed by atoms with Gasteiger partial charge in [-0.3, -0.25) is 14.4 Å². The van der Waals surface area contributed by atoms with Crippen LogP contribution in [0.2, 0.25) is 0 Å². The number of imide groups is 1. The molecule has 1 aliphatic heterocycles. The van der Waals surface area contributed by atoms with E-state index >= 15 is 0 Å². The molecular weight excluding hydrogens is 337 g/mol. The standard InChI is InChI=1S/C15H12FN3O4S/c16-8-1-3-9(4-2-8)17-11-6-12(20)19(14(11)23)15-18-10(7-24-15)5-13(21)22/h1-4,7,11,17H,5-6H2,(H,21,22). The van der Waals surface area contributed by atoms with E-state index in [1.807, 2.05) is 0 Å². The Morgan fingerprint density at radius 2 is 2.08 bits per heavy atom. The summed E-state index contributed by atoms with van der Waals surface area (Å²) in [4.78, 5) is 40.2. The van der Waals surface area contributed by atoms with Gasteiger partial charge in [-0.05, 0) is 24.3 Å². The van der Waals surface area contributed by atoms with Gasteiger partial charge in [-0.15, -0.1) is 11.3 Å². The molecule has 0 saturated carbocycles. The maximum Gasteiger partial charge on any atom is 0.309 e. The Kier molecular flexibility index (Phi) is 4.26. The Morgan fingerprint density at radius 3 is 2.75 bits per heavy atom. The number of halogens is 1. The van der Waals surface area contributed by atoms with Gasteiger partial charge in [0.05, 0.1) is 18.5 Å². The zero-order valence-electron chi connectivity index (χ0n) is 12.2. The third-order valence-corrected chi connectivity index (χ3v) is 4.27. The van der Waals surface area contributed by atoms with Crippen LogP contribution >= 0.6 is 11.3 Å². The number of hydrogen-bond donors (Lipinski definition) is 2. The van der Waals surface area contributed by atoms with Crippen LogP contribution in [0.3, 0.4) is 0 Å². The molecule has 1 aromatic heterocycles. The Hall–Kier alpha value is -2.81. The number of carbonyl (C=O) groups is 3. The highest BCUT2D eigenvalue weighted by molar-refractivity contribution is 7.14. The van der Waals surface area contributed by atoms with Gasteiger partial charge in [0.2, 0.25) is 5.91 Å². The number of carboxylic acids is 1. The minimum Gasteiger partial charge on any atom is -0.481 e. The topological polar surface area (TPSA) is 99.6 Å². The highest BCUT2D eigenvalue weighted by Gasteiger charge is 2.41. The van der Waals surface area contributed by atoms with Crippen LogP contribution in [-0.2, 0) is 20.8 Å². The predicted octanol–water partition coefficient (Wildman–Crippen LogP) is 1.65. The average Bonchev–Trinajstić information content (AvgIpc) is 3.06. The number of anilines is 2. The highest BCUT2D eigenvalue weighted by atomic mass is 32.1. The number of aromatic nitrogens is 1. The molecule has 1 aliphatic rings. The highest BCUT2D eigenvalue weighted by Crippen LogP contribution is 2.28. The van der Waals surface area contributed by atoms with Gasteiger partial charge in [0, 0.05) is 11.1 Å². The lowest BCUT2D eigenvalue weighted by molar-refractivity contribution is -0.136. The summed E-state index contributed by atoms with van der Waals surface area (Å²) in [6.07, 6.45) is -0.325. The molecular formula is C15H12FN3O4S. The van der Waals surface area contributed by atoms with Crippen LogP contribution in [0.5, 0.6) is 0 Å². The SMILES string of the molecule is O=C(O)Cc1csc(N2C(=O)CC(Nc3ccc(F)cc3)C2=O)n1. The van der Waals surface area contributed by atoms with Crippen molar-refractivity contribution in [3.63, 3.8) is 0 Å². The molecule has 1 fully saturated rings. The van der Waals surface area contributed by atoms with E-state index in [-0.39, 0.29) is 23.7 Å². The van der Waals surface area contributed by atoms with E-state index < -0.39 is 29.6 Å². The molecule has 1 saturated heterocycles. The van der Waals surface area contributed by atoms with Gasteiger partial charge in [0.25, 0.3) is 5.91 Å². The van der Waals surface area contributed by atoms with Crippen molar-refractivity contribution >= 4 is 39.9 Å². The molecule has 2 heterocycles. The van der Waals surface area contributed by atoms with Gasteiger partial charge in [0.15, 0.2) is 5.13 Å². The van der Waals surface area contributed by atoms with Gasteiger partial charge in [-0.25, -0.2) is 14.3 Å². The fourth-order valence-corrected chi connectivity index (χ4v) is 3.17. The van der Waals surface area contributed by atoms with E-state index in [4.69, 9.17) is 5.11 Å². The zero-order chi connectivity index (χ0) is 17.3. The molecule has 0 radical (unpaired) electrons. The van der Waals surface area contributed by atoms with Crippen molar-refractivity contribution in [3.8, 4) is 0 Å². The van der Waals surface area contributed by atoms with Crippen LogP contribution in [0.4, 0.5) is 15.2 Å². The molecule has 1 atom stereocenters. The summed E-state index contributed by atoms with van der Waals surface area (Å²) in [5, 5.41) is 13.3. The number of benzene rings is 1. The number of amides is 2. The van der Waals surface area contributed by atoms with Crippen LogP contribution in [-0.4, -0.2) is 33.9 Å². The second-order valence-electron chi connectivity index (χ2n) is 5.17. The molecule has 2 N–H and O–H groups in total. The van der Waals surface area contributed by atoms with Crippen LogP contribution in [0.25, 0.3) is 0 Å². The third-order valence-electron chi connectivity index (χ3n) is 3.40. The molecule has 2 amide bonds. The van der Waals surface area contributed by atoms with Gasteiger partial charge in [0.1, 0.15) is 11.9 Å². The third kappa shape index (κ3) is 3.25. The summed E-state index contributed by atoms with van der Waals surface area (Å²) in [7, 11) is 0. The largest absolute Gasteiger partial charge is 0.481 e. The van der Waals surface area contributed by atoms with Crippen molar-refractivity contribution in [1.82, 2.24) is 4.98 Å². The van der Waals surface area contributed by atoms with E-state index in [1.54, 1.807) is 0 Å². The molecule has 0 bridgehead atoms. The summed E-state index contributed by atoms with van der Waals surface area (Å²) in [5.41, 5.74) is 0.813. The lowest BCUT2D eigenvalue weighted by Gasteiger charge is -2.13. The average molecular weight is 349 g/mol. The number of nitrogens with zero attached hydrogens (tertiary/aromatic N) is 2. The van der Waals surface area contributed by atoms with Gasteiger partial charge in [-0.2, -0.15) is 0 Å². The van der Waals surface area contributed by atoms with E-state index in [0.717, 1.165) is 16.2 Å². The molecule has 124 valence electrons. The van der Waals surface area contributed by atoms with Crippen molar-refractivity contribution < 1.29 is 23.9 Å². The molecule has 0 spiro atoms. The summed E-state index contributed by atoms with van der Waals surface area (Å²) in [6.45, 7) is 0. The van der Waals surface area contributed by atoms with E-state index in [9.17, 15) is 18.8 Å². The lowest BCUT2D eigenvalue weighted by Crippen LogP contribution is -2.34. The first-order chi connectivity index (χ1) is 11.4. The lowest BCUT2D eigenvalue weighted by atomic mass is 10.2. The molecule has 7 nitrogen and oxygen atoms in total. The Morgan fingerprint density at radius 1 is 1.38 bits per heavy atom. The minimum atomic E-state index is -1.04. The maximum atomic E-state index is 12.9. The fourth-order valence-electron chi connectivity index (χ4n) is 2.33. The zero-order valence-corrected chi connectivity index (χ0v) is 13.0. The first kappa shape index (κ1) is 16.1. The van der Waals surface area contributed by atoms with Crippen LogP contribution in [0.15, 0.2) is 29.6 Å². The first-order valence-corrected chi connectivity index (χ1v) is 7.87. The number of nitrogens with one attached hydrogen (secondary N) is 1. The number of carboxylic acid groups (broad SMARTS) is 1. The molecule has 0 aliphatic carbocycles. The summed E-state index contributed by atoms with van der Waals surface area (Å²) in [5.74, 6) is -2.33. The Balaban J connectivity index is 1.75. The maximum absolute atomic E-state index is 12.9. The molecule has 2 aromatic rings. The fraction of sp³-hybridized carbons (Fsp3) is 0.200. The molecule has 3 rings (SSSR count). The summed E-state index contributed by atoms with van der Waals surface area (Å²) in [6, 6.07) is 4.68. The second-order valence-corrected chi connectivity index (χ2v) is 6.00. The Bertz CT molecular complexity index is 805. The summed E-state index contributed by atoms with van der Waals surface area (Å²) < 4.78 is 12.9. The normalized spacial score (nSPS) is 17.4. The van der Waals surface area contributed by atoms with E-state index in [2.05, 4.69) is 10.3 Å². The van der Waals surface area contributed by atoms with Crippen molar-refractivity contribution in [2.75, 3.05) is 10.2 Å². The smallest absolute Gasteiger partial charge is 0.309 e. The van der Waals surface area contributed by atoms with E-state index in [0.29, 0.717) is 5.69 Å². The van der Waals surface area contributed by atoms with Crippen molar-refractivity contribution in [2.24, 2.45) is 0 Å². The molecule has 1 aromatic carbocycles. The molecule has 9 heteroatoms. The number of thiazole rings is 1. The van der Waals surface area contributed by atoms with Crippen molar-refractivity contribution in [3.05, 3.63) is 41.2 Å². The van der Waals surface area contributed by atoms with Gasteiger partial charge < -0.3 is 10.4 Å². The number of hydrogen-bond acceptors (Lipinski definition) is 6. The monoisotopic (exact) mass is 349 g/mol. The number of carbonyl (C=O) groups excluding carboxylic acids is 2.